The lowest BCUT2D eigenvalue weighted by molar-refractivity contribution is 0.0652. The van der Waals surface area contributed by atoms with Crippen LogP contribution in [0.3, 0.4) is 0 Å². The van der Waals surface area contributed by atoms with Gasteiger partial charge in [0.15, 0.2) is 0 Å². The molecule has 0 radical (unpaired) electrons. The molecule has 0 fully saturated rings. The summed E-state index contributed by atoms with van der Waals surface area (Å²) in [5.41, 5.74) is 1.55. The van der Waals surface area contributed by atoms with Gasteiger partial charge in [-0.3, -0.25) is 0 Å². The molecule has 31 heavy (non-hydrogen) atoms. The Morgan fingerprint density at radius 2 is 1.87 bits per heavy atom. The molecule has 0 atom stereocenters. The van der Waals surface area contributed by atoms with Crippen molar-refractivity contribution in [3.05, 3.63) is 70.9 Å². The third-order valence-electron chi connectivity index (χ3n) is 4.75. The molecule has 0 aliphatic carbocycles. The number of halogens is 2. The summed E-state index contributed by atoms with van der Waals surface area (Å²) in [6.45, 7) is 1.88. The van der Waals surface area contributed by atoms with Crippen LogP contribution in [0.1, 0.15) is 41.0 Å². The monoisotopic (exact) mass is 425 g/mol. The fourth-order valence-corrected chi connectivity index (χ4v) is 3.34. The third kappa shape index (κ3) is 4.04. The first-order valence-electron chi connectivity index (χ1n) is 9.51. The van der Waals surface area contributed by atoms with E-state index in [4.69, 9.17) is 9.52 Å². The van der Waals surface area contributed by atoms with Gasteiger partial charge in [-0.15, -0.1) is 10.2 Å². The number of oxazole rings is 1. The minimum absolute atomic E-state index is 0.136. The van der Waals surface area contributed by atoms with E-state index in [0.29, 0.717) is 41.1 Å². The van der Waals surface area contributed by atoms with Crippen molar-refractivity contribution < 1.29 is 23.1 Å². The maximum absolute atomic E-state index is 15.0. The summed E-state index contributed by atoms with van der Waals surface area (Å²) in [4.78, 5) is 15.1. The van der Waals surface area contributed by atoms with Gasteiger partial charge in [0, 0.05) is 17.5 Å². The molecule has 2 aromatic heterocycles. The van der Waals surface area contributed by atoms with E-state index in [1.807, 2.05) is 6.92 Å². The van der Waals surface area contributed by atoms with Crippen LogP contribution in [-0.4, -0.2) is 36.7 Å². The number of hydrogen-bond acceptors (Lipinski definition) is 6. The molecule has 4 aromatic rings. The Hall–Kier alpha value is -3.95. The second kappa shape index (κ2) is 8.42. The van der Waals surface area contributed by atoms with Gasteiger partial charge < -0.3 is 9.52 Å². The summed E-state index contributed by atoms with van der Waals surface area (Å²) in [5, 5.41) is 22.9. The van der Waals surface area contributed by atoms with E-state index in [2.05, 4.69) is 25.6 Å². The fourth-order valence-electron chi connectivity index (χ4n) is 3.34. The van der Waals surface area contributed by atoms with Crippen molar-refractivity contribution in [2.45, 2.75) is 26.2 Å². The molecule has 8 nitrogen and oxygen atoms in total. The lowest BCUT2D eigenvalue weighted by Gasteiger charge is -2.10. The average molecular weight is 425 g/mol. The highest BCUT2D eigenvalue weighted by molar-refractivity contribution is 5.82. The maximum atomic E-state index is 15.0. The highest BCUT2D eigenvalue weighted by atomic mass is 19.1. The first kappa shape index (κ1) is 20.3. The molecular formula is C21H17F2N5O3. The van der Waals surface area contributed by atoms with Crippen LogP contribution in [0.25, 0.3) is 22.5 Å². The Balaban J connectivity index is 1.73. The van der Waals surface area contributed by atoms with Crippen LogP contribution < -0.4 is 0 Å². The van der Waals surface area contributed by atoms with E-state index in [0.717, 1.165) is 0 Å². The number of tetrazole rings is 1. The number of aryl methyl sites for hydroxylation is 1. The predicted molar refractivity (Wildman–Crippen MR) is 105 cm³/mol. The quantitative estimate of drug-likeness (QED) is 0.459. The number of rotatable bonds is 7. The molecule has 0 spiro atoms. The number of benzene rings is 2. The second-order valence-electron chi connectivity index (χ2n) is 6.82. The minimum Gasteiger partial charge on any atom is -0.474 e. The van der Waals surface area contributed by atoms with Crippen molar-refractivity contribution in [3.63, 3.8) is 0 Å². The Morgan fingerprint density at radius 1 is 1.16 bits per heavy atom. The highest BCUT2D eigenvalue weighted by Gasteiger charge is 2.22. The standard InChI is InChI=1S/C21H17F2N5O3/c1-2-5-17-18(31-20(24-17)21(29)30)10-14-15(22)8-11(9-16(14)23)12-6-3-4-7-13(12)19-25-27-28-26-19/h3-4,6-9H,2,5,10H2,1H3,(H,29,30)(H,25,26,27,28). The first-order chi connectivity index (χ1) is 15.0. The van der Waals surface area contributed by atoms with Crippen molar-refractivity contribution in [2.75, 3.05) is 0 Å². The summed E-state index contributed by atoms with van der Waals surface area (Å²) >= 11 is 0. The first-order valence-corrected chi connectivity index (χ1v) is 9.51. The molecule has 0 saturated carbocycles. The molecule has 0 saturated heterocycles. The molecule has 158 valence electrons. The summed E-state index contributed by atoms with van der Waals surface area (Å²) in [6.07, 6.45) is 0.862. The third-order valence-corrected chi connectivity index (χ3v) is 4.75. The highest BCUT2D eigenvalue weighted by Crippen LogP contribution is 2.32. The lowest BCUT2D eigenvalue weighted by atomic mass is 9.96. The molecular weight excluding hydrogens is 408 g/mol. The smallest absolute Gasteiger partial charge is 0.392 e. The van der Waals surface area contributed by atoms with Gasteiger partial charge in [0.2, 0.25) is 5.82 Å². The van der Waals surface area contributed by atoms with Crippen LogP contribution in [0.2, 0.25) is 0 Å². The van der Waals surface area contributed by atoms with Crippen LogP contribution in [0.5, 0.6) is 0 Å². The Bertz CT molecular complexity index is 1210. The SMILES string of the molecule is CCCc1nc(C(=O)O)oc1Cc1c(F)cc(-c2ccccc2-c2nn[nH]n2)cc1F. The van der Waals surface area contributed by atoms with E-state index in [1.54, 1.807) is 24.3 Å². The molecule has 4 rings (SSSR count). The molecule has 0 aliphatic rings. The summed E-state index contributed by atoms with van der Waals surface area (Å²) in [6, 6.07) is 9.35. The van der Waals surface area contributed by atoms with Gasteiger partial charge in [0.25, 0.3) is 0 Å². The number of carboxylic acid groups (broad SMARTS) is 1. The average Bonchev–Trinajstić information content (AvgIpc) is 3.41. The molecule has 0 bridgehead atoms. The van der Waals surface area contributed by atoms with Crippen molar-refractivity contribution in [2.24, 2.45) is 0 Å². The Labute approximate surface area is 175 Å². The molecule has 2 aromatic carbocycles. The molecule has 0 aliphatic heterocycles. The molecule has 0 unspecified atom stereocenters. The summed E-state index contributed by atoms with van der Waals surface area (Å²) in [7, 11) is 0. The molecule has 2 N–H and O–H groups in total. The van der Waals surface area contributed by atoms with E-state index in [-0.39, 0.29) is 17.7 Å². The number of nitrogens with zero attached hydrogens (tertiary/aromatic N) is 4. The number of aromatic amines is 1. The zero-order chi connectivity index (χ0) is 22.0. The number of carboxylic acids is 1. The second-order valence-corrected chi connectivity index (χ2v) is 6.82. The number of carbonyl (C=O) groups is 1. The van der Waals surface area contributed by atoms with Gasteiger partial charge >= 0.3 is 11.9 Å². The van der Waals surface area contributed by atoms with E-state index >= 15 is 0 Å². The van der Waals surface area contributed by atoms with Crippen LogP contribution in [0, 0.1) is 11.6 Å². The van der Waals surface area contributed by atoms with Gasteiger partial charge in [-0.25, -0.2) is 18.6 Å². The molecule has 10 heteroatoms. The van der Waals surface area contributed by atoms with Crippen molar-refractivity contribution in [1.29, 1.82) is 0 Å². The van der Waals surface area contributed by atoms with Crippen molar-refractivity contribution in [1.82, 2.24) is 25.6 Å². The zero-order valence-electron chi connectivity index (χ0n) is 16.4. The topological polar surface area (TPSA) is 118 Å². The Morgan fingerprint density at radius 3 is 2.48 bits per heavy atom. The van der Waals surface area contributed by atoms with Gasteiger partial charge in [0.1, 0.15) is 17.4 Å². The fraction of sp³-hybridized carbons (Fsp3) is 0.190. The lowest BCUT2D eigenvalue weighted by Crippen LogP contribution is -2.01. The normalized spacial score (nSPS) is 11.1. The number of H-pyrrole nitrogens is 1. The molecule has 0 amide bonds. The van der Waals surface area contributed by atoms with Gasteiger partial charge in [-0.05, 0) is 34.9 Å². The number of aromatic carboxylic acids is 1. The van der Waals surface area contributed by atoms with Gasteiger partial charge in [-0.2, -0.15) is 5.21 Å². The van der Waals surface area contributed by atoms with Gasteiger partial charge in [0.05, 0.1) is 5.69 Å². The minimum atomic E-state index is -1.34. The van der Waals surface area contributed by atoms with Crippen LogP contribution in [0.4, 0.5) is 8.78 Å². The number of aromatic nitrogens is 5. The number of nitrogens with one attached hydrogen (secondary N) is 1. The summed E-state index contributed by atoms with van der Waals surface area (Å²) < 4.78 is 35.2. The van der Waals surface area contributed by atoms with Crippen molar-refractivity contribution >= 4 is 5.97 Å². The number of hydrogen-bond donors (Lipinski definition) is 2. The van der Waals surface area contributed by atoms with Crippen LogP contribution in [-0.2, 0) is 12.8 Å². The van der Waals surface area contributed by atoms with Gasteiger partial charge in [-0.1, -0.05) is 37.6 Å². The summed E-state index contributed by atoms with van der Waals surface area (Å²) in [5.74, 6) is -2.96. The van der Waals surface area contributed by atoms with E-state index in [1.165, 1.54) is 12.1 Å². The van der Waals surface area contributed by atoms with E-state index < -0.39 is 23.5 Å². The van der Waals surface area contributed by atoms with E-state index in [9.17, 15) is 13.6 Å². The van der Waals surface area contributed by atoms with Crippen LogP contribution >= 0.6 is 0 Å². The molecule has 2 heterocycles. The Kier molecular flexibility index (Phi) is 5.52. The zero-order valence-corrected chi connectivity index (χ0v) is 16.4. The maximum Gasteiger partial charge on any atom is 0.392 e. The van der Waals surface area contributed by atoms with Crippen LogP contribution in [0.15, 0.2) is 40.8 Å². The largest absolute Gasteiger partial charge is 0.474 e. The predicted octanol–water partition coefficient (Wildman–Crippen LogP) is 4.04. The van der Waals surface area contributed by atoms with Crippen molar-refractivity contribution in [3.8, 4) is 22.5 Å².